The largest absolute Gasteiger partial charge is 0.481 e. The average Bonchev–Trinajstić information content (AvgIpc) is 2.55. The van der Waals surface area contributed by atoms with Crippen LogP contribution in [0.15, 0.2) is 60.8 Å². The Morgan fingerprint density at radius 1 is 0.917 bits per heavy atom. The van der Waals surface area contributed by atoms with E-state index in [0.717, 1.165) is 12.8 Å². The van der Waals surface area contributed by atoms with Gasteiger partial charge in [0, 0.05) is 6.42 Å². The van der Waals surface area contributed by atoms with Gasteiger partial charge in [-0.2, -0.15) is 0 Å². The third kappa shape index (κ3) is 16.5. The van der Waals surface area contributed by atoms with Crippen LogP contribution >= 0.6 is 0 Å². The molecular weight excluding hydrogens is 304 g/mol. The van der Waals surface area contributed by atoms with E-state index in [-0.39, 0.29) is 6.42 Å². The molecule has 0 fully saturated rings. The van der Waals surface area contributed by atoms with Crippen molar-refractivity contribution in [2.24, 2.45) is 0 Å². The maximum Gasteiger partial charge on any atom is 0.303 e. The smallest absolute Gasteiger partial charge is 0.303 e. The fourth-order valence-electron chi connectivity index (χ4n) is 1.72. The average molecular weight is 334 g/mol. The fraction of sp³-hybridized carbons (Fsp3) is 0.450. The van der Waals surface area contributed by atoms with Gasteiger partial charge in [0.25, 0.3) is 0 Å². The molecule has 0 aliphatic rings. The minimum Gasteiger partial charge on any atom is -0.481 e. The normalized spacial score (nSPS) is 15.5. The van der Waals surface area contributed by atoms with Crippen molar-refractivity contribution in [3.8, 4) is 0 Å². The van der Waals surface area contributed by atoms with E-state index in [1.165, 1.54) is 0 Å². The van der Waals surface area contributed by atoms with E-state index < -0.39 is 18.2 Å². The Balaban J connectivity index is 3.77. The Morgan fingerprint density at radius 2 is 1.54 bits per heavy atom. The molecule has 0 bridgehead atoms. The van der Waals surface area contributed by atoms with Gasteiger partial charge in [0.1, 0.15) is 0 Å². The number of carboxylic acids is 1. The first kappa shape index (κ1) is 22.1. The van der Waals surface area contributed by atoms with Crippen LogP contribution in [0.4, 0.5) is 0 Å². The summed E-state index contributed by atoms with van der Waals surface area (Å²) in [5, 5.41) is 27.6. The van der Waals surface area contributed by atoms with E-state index in [2.05, 4.69) is 0 Å². The summed E-state index contributed by atoms with van der Waals surface area (Å²) < 4.78 is 0. The predicted octanol–water partition coefficient (Wildman–Crippen LogP) is 3.93. The molecule has 4 nitrogen and oxygen atoms in total. The number of aliphatic hydroxyl groups is 2. The molecule has 0 aromatic heterocycles. The van der Waals surface area contributed by atoms with Crippen LogP contribution in [-0.4, -0.2) is 33.5 Å². The van der Waals surface area contributed by atoms with Crippen LogP contribution in [0.2, 0.25) is 0 Å². The number of allylic oxidation sites excluding steroid dienone is 7. The Kier molecular flexibility index (Phi) is 14.7. The fourth-order valence-corrected chi connectivity index (χ4v) is 1.72. The summed E-state index contributed by atoms with van der Waals surface area (Å²) in [5.41, 5.74) is 0. The van der Waals surface area contributed by atoms with E-state index in [9.17, 15) is 15.0 Å². The molecule has 0 aliphatic heterocycles. The van der Waals surface area contributed by atoms with Crippen molar-refractivity contribution in [3.05, 3.63) is 60.8 Å². The zero-order valence-electron chi connectivity index (χ0n) is 14.4. The number of hydrogen-bond acceptors (Lipinski definition) is 3. The van der Waals surface area contributed by atoms with Crippen molar-refractivity contribution in [3.63, 3.8) is 0 Å². The Hall–Kier alpha value is -1.91. The lowest BCUT2D eigenvalue weighted by Gasteiger charge is -1.98. The summed E-state index contributed by atoms with van der Waals surface area (Å²) in [7, 11) is 0. The topological polar surface area (TPSA) is 77.8 Å². The second kappa shape index (κ2) is 16.0. The molecular formula is C20H30O4. The van der Waals surface area contributed by atoms with Crippen LogP contribution in [0.3, 0.4) is 0 Å². The van der Waals surface area contributed by atoms with Gasteiger partial charge in [-0.05, 0) is 32.1 Å². The molecule has 0 saturated carbocycles. The van der Waals surface area contributed by atoms with E-state index in [1.54, 1.807) is 24.3 Å². The molecule has 0 rings (SSSR count). The van der Waals surface area contributed by atoms with Gasteiger partial charge < -0.3 is 15.3 Å². The molecule has 0 aliphatic carbocycles. The van der Waals surface area contributed by atoms with Crippen LogP contribution in [0, 0.1) is 0 Å². The van der Waals surface area contributed by atoms with E-state index >= 15 is 0 Å². The summed E-state index contributed by atoms with van der Waals surface area (Å²) in [4.78, 5) is 10.3. The molecule has 2 atom stereocenters. The van der Waals surface area contributed by atoms with Gasteiger partial charge in [-0.1, -0.05) is 67.7 Å². The molecule has 0 radical (unpaired) electrons. The summed E-state index contributed by atoms with van der Waals surface area (Å²) in [5.74, 6) is -0.755. The van der Waals surface area contributed by atoms with Crippen molar-refractivity contribution >= 4 is 5.97 Å². The third-order valence-corrected chi connectivity index (χ3v) is 3.16. The van der Waals surface area contributed by atoms with Crippen molar-refractivity contribution < 1.29 is 20.1 Å². The number of rotatable bonds is 13. The summed E-state index contributed by atoms with van der Waals surface area (Å²) in [6.45, 7) is 1.91. The lowest BCUT2D eigenvalue weighted by molar-refractivity contribution is -0.137. The van der Waals surface area contributed by atoms with Crippen molar-refractivity contribution in [1.82, 2.24) is 0 Å². The molecule has 4 heteroatoms. The third-order valence-electron chi connectivity index (χ3n) is 3.16. The number of aliphatic hydroxyl groups excluding tert-OH is 2. The molecule has 3 N–H and O–H groups in total. The number of unbranched alkanes of at least 4 members (excludes halogenated alkanes) is 1. The van der Waals surface area contributed by atoms with Gasteiger partial charge in [0.15, 0.2) is 0 Å². The quantitative estimate of drug-likeness (QED) is 0.271. The first-order valence-electron chi connectivity index (χ1n) is 8.45. The molecule has 0 heterocycles. The number of carboxylic acid groups (broad SMARTS) is 1. The molecule has 0 aromatic rings. The summed E-state index contributed by atoms with van der Waals surface area (Å²) >= 11 is 0. The first-order valence-corrected chi connectivity index (χ1v) is 8.45. The Bertz CT molecular complexity index is 458. The maximum absolute atomic E-state index is 10.3. The number of carbonyl (C=O) groups is 1. The van der Waals surface area contributed by atoms with E-state index in [4.69, 9.17) is 5.11 Å². The second-order valence-corrected chi connectivity index (χ2v) is 5.40. The van der Waals surface area contributed by atoms with Gasteiger partial charge in [0.05, 0.1) is 12.2 Å². The Morgan fingerprint density at radius 3 is 2.17 bits per heavy atom. The first-order chi connectivity index (χ1) is 11.6. The molecule has 0 spiro atoms. The molecule has 0 saturated heterocycles. The number of aliphatic carboxylic acids is 1. The van der Waals surface area contributed by atoms with Crippen LogP contribution in [0.25, 0.3) is 0 Å². The van der Waals surface area contributed by atoms with Gasteiger partial charge in [-0.15, -0.1) is 0 Å². The summed E-state index contributed by atoms with van der Waals surface area (Å²) in [6, 6.07) is 0. The lowest BCUT2D eigenvalue weighted by atomic mass is 10.2. The van der Waals surface area contributed by atoms with Gasteiger partial charge >= 0.3 is 5.97 Å². The Labute approximate surface area is 145 Å². The van der Waals surface area contributed by atoms with Crippen molar-refractivity contribution in [1.29, 1.82) is 0 Å². The van der Waals surface area contributed by atoms with Crippen LogP contribution < -0.4 is 0 Å². The standard InChI is InChI=1S/C20H30O4/c1-2-18(21)14-10-8-9-12-16-19(22)15-11-6-4-3-5-7-13-17-20(23)24/h3,5-6,8-12,14,16,18-19,21-22H,2,4,7,13,15,17H2,1H3,(H,23,24)/b5-3+,9-8+,11-6+,14-10+,16-12+. The highest BCUT2D eigenvalue weighted by Crippen LogP contribution is 2.00. The molecule has 24 heavy (non-hydrogen) atoms. The van der Waals surface area contributed by atoms with Crippen LogP contribution in [0.5, 0.6) is 0 Å². The highest BCUT2D eigenvalue weighted by Gasteiger charge is 1.94. The monoisotopic (exact) mass is 334 g/mol. The second-order valence-electron chi connectivity index (χ2n) is 5.40. The summed E-state index contributed by atoms with van der Waals surface area (Å²) in [6.07, 6.45) is 21.3. The number of hydrogen-bond donors (Lipinski definition) is 3. The molecule has 2 unspecified atom stereocenters. The lowest BCUT2D eigenvalue weighted by Crippen LogP contribution is -1.98. The predicted molar refractivity (Wildman–Crippen MR) is 98.7 cm³/mol. The van der Waals surface area contributed by atoms with Crippen LogP contribution in [0.1, 0.15) is 45.4 Å². The molecule has 134 valence electrons. The highest BCUT2D eigenvalue weighted by molar-refractivity contribution is 5.66. The van der Waals surface area contributed by atoms with Crippen LogP contribution in [-0.2, 0) is 4.79 Å². The maximum atomic E-state index is 10.3. The molecule has 0 amide bonds. The van der Waals surface area contributed by atoms with Gasteiger partial charge in [-0.3, -0.25) is 4.79 Å². The minimum absolute atomic E-state index is 0.210. The highest BCUT2D eigenvalue weighted by atomic mass is 16.4. The van der Waals surface area contributed by atoms with Gasteiger partial charge in [-0.25, -0.2) is 0 Å². The minimum atomic E-state index is -0.755. The van der Waals surface area contributed by atoms with Gasteiger partial charge in [0.2, 0.25) is 0 Å². The zero-order valence-corrected chi connectivity index (χ0v) is 14.4. The van der Waals surface area contributed by atoms with Crippen molar-refractivity contribution in [2.75, 3.05) is 0 Å². The van der Waals surface area contributed by atoms with Crippen molar-refractivity contribution in [2.45, 2.75) is 57.7 Å². The van der Waals surface area contributed by atoms with E-state index in [0.29, 0.717) is 19.3 Å². The SMILES string of the molecule is CCC(O)/C=C/C=C/C=C/C(O)C/C=C/C/C=C/CCCC(=O)O. The zero-order chi connectivity index (χ0) is 18.0. The molecule has 0 aromatic carbocycles. The van der Waals surface area contributed by atoms with E-state index in [1.807, 2.05) is 43.4 Å².